The molecule has 0 aliphatic rings. The van der Waals surface area contributed by atoms with Crippen LogP contribution in [-0.2, 0) is 4.74 Å². The number of pyridine rings is 1. The highest BCUT2D eigenvalue weighted by molar-refractivity contribution is 9.10. The van der Waals surface area contributed by atoms with E-state index in [0.29, 0.717) is 5.02 Å². The largest absolute Gasteiger partial charge is 0.381 e. The SMILES string of the molecule is CCCCOCCCNc1ncc(Br)cc1Cl. The Morgan fingerprint density at radius 2 is 2.18 bits per heavy atom. The van der Waals surface area contributed by atoms with E-state index in [2.05, 4.69) is 33.2 Å². The molecule has 1 N–H and O–H groups in total. The van der Waals surface area contributed by atoms with Crippen LogP contribution in [0.3, 0.4) is 0 Å². The minimum atomic E-state index is 0.631. The van der Waals surface area contributed by atoms with Gasteiger partial charge >= 0.3 is 0 Å². The molecule has 0 aliphatic carbocycles. The fourth-order valence-electron chi connectivity index (χ4n) is 1.27. The topological polar surface area (TPSA) is 34.1 Å². The van der Waals surface area contributed by atoms with Crippen molar-refractivity contribution in [2.24, 2.45) is 0 Å². The lowest BCUT2D eigenvalue weighted by molar-refractivity contribution is 0.131. The molecule has 0 fully saturated rings. The summed E-state index contributed by atoms with van der Waals surface area (Å²) in [4.78, 5) is 4.19. The molecule has 0 aromatic carbocycles. The Labute approximate surface area is 116 Å². The first kappa shape index (κ1) is 14.7. The zero-order valence-corrected chi connectivity index (χ0v) is 12.4. The molecule has 3 nitrogen and oxygen atoms in total. The van der Waals surface area contributed by atoms with Crippen LogP contribution in [0, 0.1) is 0 Å². The Bertz CT molecular complexity index is 336. The predicted octanol–water partition coefficient (Wildman–Crippen LogP) is 4.12. The molecule has 96 valence electrons. The van der Waals surface area contributed by atoms with Crippen molar-refractivity contribution in [1.29, 1.82) is 0 Å². The monoisotopic (exact) mass is 320 g/mol. The molecule has 0 spiro atoms. The standard InChI is InChI=1S/C12H18BrClN2O/c1-2-3-6-17-7-4-5-15-12-11(14)8-10(13)9-16-12/h8-9H,2-7H2,1H3,(H,15,16). The molecule has 1 heterocycles. The Balaban J connectivity index is 2.14. The zero-order valence-electron chi connectivity index (χ0n) is 10.0. The van der Waals surface area contributed by atoms with Crippen LogP contribution in [0.5, 0.6) is 0 Å². The Kier molecular flexibility index (Phi) is 7.56. The van der Waals surface area contributed by atoms with Gasteiger partial charge in [0.25, 0.3) is 0 Å². The van der Waals surface area contributed by atoms with Gasteiger partial charge in [0, 0.05) is 30.4 Å². The maximum absolute atomic E-state index is 6.02. The van der Waals surface area contributed by atoms with Crippen LogP contribution in [0.4, 0.5) is 5.82 Å². The van der Waals surface area contributed by atoms with Crippen LogP contribution in [0.1, 0.15) is 26.2 Å². The quantitative estimate of drug-likeness (QED) is 0.731. The van der Waals surface area contributed by atoms with Gasteiger partial charge in [-0.2, -0.15) is 0 Å². The number of nitrogens with one attached hydrogen (secondary N) is 1. The Morgan fingerprint density at radius 3 is 2.88 bits per heavy atom. The van der Waals surface area contributed by atoms with Gasteiger partial charge in [-0.3, -0.25) is 0 Å². The van der Waals surface area contributed by atoms with Crippen molar-refractivity contribution < 1.29 is 4.74 Å². The van der Waals surface area contributed by atoms with Crippen molar-refractivity contribution in [3.63, 3.8) is 0 Å². The van der Waals surface area contributed by atoms with Gasteiger partial charge in [-0.15, -0.1) is 0 Å². The van der Waals surface area contributed by atoms with Crippen molar-refractivity contribution in [3.8, 4) is 0 Å². The lowest BCUT2D eigenvalue weighted by Crippen LogP contribution is -2.07. The molecule has 1 aromatic rings. The van der Waals surface area contributed by atoms with Gasteiger partial charge in [-0.05, 0) is 34.8 Å². The van der Waals surface area contributed by atoms with Gasteiger partial charge < -0.3 is 10.1 Å². The number of halogens is 2. The molecular weight excluding hydrogens is 304 g/mol. The lowest BCUT2D eigenvalue weighted by Gasteiger charge is -2.07. The number of ether oxygens (including phenoxy) is 1. The molecule has 0 saturated heterocycles. The van der Waals surface area contributed by atoms with E-state index in [1.54, 1.807) is 6.20 Å². The first-order chi connectivity index (χ1) is 8.24. The summed E-state index contributed by atoms with van der Waals surface area (Å²) in [7, 11) is 0. The molecule has 1 rings (SSSR count). The highest BCUT2D eigenvalue weighted by Crippen LogP contribution is 2.22. The summed E-state index contributed by atoms with van der Waals surface area (Å²) in [6, 6.07) is 1.83. The highest BCUT2D eigenvalue weighted by atomic mass is 79.9. The van der Waals surface area contributed by atoms with Crippen molar-refractivity contribution in [3.05, 3.63) is 21.8 Å². The van der Waals surface area contributed by atoms with Crippen molar-refractivity contribution in [1.82, 2.24) is 4.98 Å². The number of hydrogen-bond acceptors (Lipinski definition) is 3. The molecule has 0 amide bonds. The maximum Gasteiger partial charge on any atom is 0.144 e. The number of hydrogen-bond donors (Lipinski definition) is 1. The summed E-state index contributed by atoms with van der Waals surface area (Å²) in [5.41, 5.74) is 0. The van der Waals surface area contributed by atoms with Crippen LogP contribution in [0.25, 0.3) is 0 Å². The van der Waals surface area contributed by atoms with E-state index in [-0.39, 0.29) is 0 Å². The lowest BCUT2D eigenvalue weighted by atomic mass is 10.3. The summed E-state index contributed by atoms with van der Waals surface area (Å²) in [6.45, 7) is 4.61. The summed E-state index contributed by atoms with van der Waals surface area (Å²) >= 11 is 9.34. The first-order valence-corrected chi connectivity index (χ1v) is 7.03. The summed E-state index contributed by atoms with van der Waals surface area (Å²) < 4.78 is 6.35. The van der Waals surface area contributed by atoms with Crippen molar-refractivity contribution in [2.75, 3.05) is 25.1 Å². The molecule has 0 bridgehead atoms. The molecule has 5 heteroatoms. The van der Waals surface area contributed by atoms with E-state index in [1.165, 1.54) is 6.42 Å². The van der Waals surface area contributed by atoms with Crippen LogP contribution in [0.15, 0.2) is 16.7 Å². The molecular formula is C12H18BrClN2O. The number of aromatic nitrogens is 1. The summed E-state index contributed by atoms with van der Waals surface area (Å²) in [6.07, 6.45) is 4.99. The van der Waals surface area contributed by atoms with E-state index in [9.17, 15) is 0 Å². The Hall–Kier alpha value is -0.320. The fraction of sp³-hybridized carbons (Fsp3) is 0.583. The number of unbranched alkanes of at least 4 members (excludes halogenated alkanes) is 1. The highest BCUT2D eigenvalue weighted by Gasteiger charge is 2.01. The van der Waals surface area contributed by atoms with Crippen molar-refractivity contribution in [2.45, 2.75) is 26.2 Å². The third kappa shape index (κ3) is 6.24. The second-order valence-electron chi connectivity index (χ2n) is 3.73. The van der Waals surface area contributed by atoms with Gasteiger partial charge in [0.2, 0.25) is 0 Å². The van der Waals surface area contributed by atoms with Crippen LogP contribution in [-0.4, -0.2) is 24.7 Å². The molecule has 0 unspecified atom stereocenters. The van der Waals surface area contributed by atoms with Crippen LogP contribution < -0.4 is 5.32 Å². The van der Waals surface area contributed by atoms with Gasteiger partial charge in [-0.25, -0.2) is 4.98 Å². The number of anilines is 1. The van der Waals surface area contributed by atoms with Gasteiger partial charge in [0.15, 0.2) is 0 Å². The van der Waals surface area contributed by atoms with Crippen molar-refractivity contribution >= 4 is 33.3 Å². The molecule has 0 radical (unpaired) electrons. The average Bonchev–Trinajstić information content (AvgIpc) is 2.30. The van der Waals surface area contributed by atoms with E-state index < -0.39 is 0 Å². The Morgan fingerprint density at radius 1 is 1.41 bits per heavy atom. The summed E-state index contributed by atoms with van der Waals surface area (Å²) in [5, 5.41) is 3.82. The van der Waals surface area contributed by atoms with Gasteiger partial charge in [-0.1, -0.05) is 24.9 Å². The average molecular weight is 322 g/mol. The van der Waals surface area contributed by atoms with Crippen LogP contribution in [0.2, 0.25) is 5.02 Å². The van der Waals surface area contributed by atoms with Gasteiger partial charge in [0.05, 0.1) is 5.02 Å². The fourth-order valence-corrected chi connectivity index (χ4v) is 1.97. The normalized spacial score (nSPS) is 10.5. The minimum absolute atomic E-state index is 0.631. The number of rotatable bonds is 8. The third-order valence-corrected chi connectivity index (χ3v) is 2.93. The maximum atomic E-state index is 6.02. The zero-order chi connectivity index (χ0) is 12.5. The third-order valence-electron chi connectivity index (χ3n) is 2.21. The minimum Gasteiger partial charge on any atom is -0.381 e. The summed E-state index contributed by atoms with van der Waals surface area (Å²) in [5.74, 6) is 0.725. The molecule has 1 aromatic heterocycles. The number of nitrogens with zero attached hydrogens (tertiary/aromatic N) is 1. The smallest absolute Gasteiger partial charge is 0.144 e. The molecule has 17 heavy (non-hydrogen) atoms. The van der Waals surface area contributed by atoms with Gasteiger partial charge in [0.1, 0.15) is 5.82 Å². The molecule has 0 aliphatic heterocycles. The second kappa shape index (κ2) is 8.72. The molecule has 0 atom stereocenters. The predicted molar refractivity (Wildman–Crippen MR) is 75.8 cm³/mol. The van der Waals surface area contributed by atoms with E-state index in [1.807, 2.05) is 6.07 Å². The van der Waals surface area contributed by atoms with E-state index >= 15 is 0 Å². The van der Waals surface area contributed by atoms with E-state index in [0.717, 1.165) is 42.9 Å². The van der Waals surface area contributed by atoms with E-state index in [4.69, 9.17) is 16.3 Å². The second-order valence-corrected chi connectivity index (χ2v) is 5.05. The molecule has 0 saturated carbocycles. The first-order valence-electron chi connectivity index (χ1n) is 5.86. The van der Waals surface area contributed by atoms with Crippen LogP contribution >= 0.6 is 27.5 Å².